The average Bonchev–Trinajstić information content (AvgIpc) is 3.00. The van der Waals surface area contributed by atoms with Crippen LogP contribution in [0.15, 0.2) is 30.6 Å². The quantitative estimate of drug-likeness (QED) is 0.678. The molecule has 2 N–H and O–H groups in total. The molecule has 10 heteroatoms. The Balaban J connectivity index is 2.21. The van der Waals surface area contributed by atoms with Crippen molar-refractivity contribution in [3.8, 4) is 6.07 Å². The second-order valence-corrected chi connectivity index (χ2v) is 7.13. The molecule has 26 heavy (non-hydrogen) atoms. The monoisotopic (exact) mass is 376 g/mol. The Morgan fingerprint density at radius 2 is 2.04 bits per heavy atom. The molecule has 0 unspecified atom stereocenters. The summed E-state index contributed by atoms with van der Waals surface area (Å²) in [6.07, 6.45) is 3.33. The zero-order valence-electron chi connectivity index (χ0n) is 13.2. The lowest BCUT2D eigenvalue weighted by Gasteiger charge is -2.10. The normalized spacial score (nSPS) is 11.3. The number of nitrogens with zero attached hydrogens (tertiary/aromatic N) is 2. The smallest absolute Gasteiger partial charge is 0.229 e. The minimum Gasteiger partial charge on any atom is -0.345 e. The van der Waals surface area contributed by atoms with Gasteiger partial charge in [0.25, 0.3) is 0 Å². The summed E-state index contributed by atoms with van der Waals surface area (Å²) < 4.78 is 53.3. The van der Waals surface area contributed by atoms with Gasteiger partial charge in [-0.1, -0.05) is 0 Å². The van der Waals surface area contributed by atoms with E-state index >= 15 is 0 Å². The minimum atomic E-state index is -3.84. The highest BCUT2D eigenvalue weighted by Crippen LogP contribution is 2.28. The number of sulfonamides is 1. The Morgan fingerprint density at radius 1 is 1.31 bits per heavy atom. The Morgan fingerprint density at radius 3 is 2.69 bits per heavy atom. The molecule has 0 saturated heterocycles. The molecule has 0 aliphatic heterocycles. The number of rotatable bonds is 4. The van der Waals surface area contributed by atoms with Crippen molar-refractivity contribution in [2.75, 3.05) is 11.0 Å². The van der Waals surface area contributed by atoms with E-state index in [2.05, 4.69) is 9.97 Å². The van der Waals surface area contributed by atoms with Gasteiger partial charge in [-0.05, 0) is 18.2 Å². The van der Waals surface area contributed by atoms with Gasteiger partial charge in [-0.25, -0.2) is 22.2 Å². The number of halogens is 2. The van der Waals surface area contributed by atoms with Crippen molar-refractivity contribution < 1.29 is 22.0 Å². The number of anilines is 1. The largest absolute Gasteiger partial charge is 0.345 e. The van der Waals surface area contributed by atoms with Crippen LogP contribution >= 0.6 is 0 Å². The van der Waals surface area contributed by atoms with Crippen molar-refractivity contribution in [3.63, 3.8) is 0 Å². The molecule has 3 rings (SSSR count). The number of nitriles is 1. The fourth-order valence-electron chi connectivity index (χ4n) is 2.50. The lowest BCUT2D eigenvalue weighted by Crippen LogP contribution is -2.14. The summed E-state index contributed by atoms with van der Waals surface area (Å²) in [7, 11) is -3.84. The Kier molecular flexibility index (Phi) is 4.17. The number of carbonyl (C=O) groups is 1. The van der Waals surface area contributed by atoms with Gasteiger partial charge in [0.1, 0.15) is 11.5 Å². The van der Waals surface area contributed by atoms with E-state index < -0.39 is 38.7 Å². The molecular formula is C16H10F2N4O3S. The molecule has 0 radical (unpaired) electrons. The number of H-pyrrole nitrogens is 1. The third-order valence-electron chi connectivity index (χ3n) is 3.55. The van der Waals surface area contributed by atoms with Crippen molar-refractivity contribution in [3.05, 3.63) is 58.9 Å². The summed E-state index contributed by atoms with van der Waals surface area (Å²) >= 11 is 0. The van der Waals surface area contributed by atoms with E-state index in [4.69, 9.17) is 0 Å². The third kappa shape index (κ3) is 3.00. The van der Waals surface area contributed by atoms with Crippen LogP contribution in [0.3, 0.4) is 0 Å². The number of hydrogen-bond donors (Lipinski definition) is 2. The molecule has 1 aromatic carbocycles. The fraction of sp³-hybridized carbons (Fsp3) is 0.0625. The van der Waals surface area contributed by atoms with Gasteiger partial charge in [0.2, 0.25) is 15.8 Å². The standard InChI is InChI=1S/C16H10F2N4O3S/c1-26(24,25)22-11-3-2-10(17)13(14(11)18)15(23)9-7-21-16-12(9)8(6-19)4-5-20-16/h2-5,7,22H,1H3,(H,20,21). The lowest BCUT2D eigenvalue weighted by molar-refractivity contribution is 0.103. The highest BCUT2D eigenvalue weighted by molar-refractivity contribution is 7.92. The molecule has 0 fully saturated rings. The molecule has 2 heterocycles. The third-order valence-corrected chi connectivity index (χ3v) is 4.14. The summed E-state index contributed by atoms with van der Waals surface area (Å²) in [5.41, 5.74) is -1.34. The van der Waals surface area contributed by atoms with Crippen LogP contribution in [-0.4, -0.2) is 30.4 Å². The molecule has 3 aromatic rings. The van der Waals surface area contributed by atoms with Crippen LogP contribution in [0.25, 0.3) is 11.0 Å². The first-order valence-corrected chi connectivity index (χ1v) is 8.98. The van der Waals surface area contributed by atoms with Crippen LogP contribution in [-0.2, 0) is 10.0 Å². The van der Waals surface area contributed by atoms with E-state index in [-0.39, 0.29) is 22.2 Å². The molecule has 132 valence electrons. The van der Waals surface area contributed by atoms with Gasteiger partial charge in [0.15, 0.2) is 5.82 Å². The van der Waals surface area contributed by atoms with Crippen molar-refractivity contribution in [2.24, 2.45) is 0 Å². The fourth-order valence-corrected chi connectivity index (χ4v) is 3.06. The maximum atomic E-state index is 14.6. The van der Waals surface area contributed by atoms with Crippen LogP contribution in [0.2, 0.25) is 0 Å². The Hall–Kier alpha value is -3.32. The van der Waals surface area contributed by atoms with Gasteiger partial charge >= 0.3 is 0 Å². The zero-order valence-corrected chi connectivity index (χ0v) is 14.0. The molecule has 0 atom stereocenters. The van der Waals surface area contributed by atoms with Crippen molar-refractivity contribution >= 4 is 32.5 Å². The predicted octanol–water partition coefficient (Wildman–Crippen LogP) is 2.32. The maximum Gasteiger partial charge on any atom is 0.229 e. The highest BCUT2D eigenvalue weighted by atomic mass is 32.2. The van der Waals surface area contributed by atoms with Gasteiger partial charge < -0.3 is 4.98 Å². The summed E-state index contributed by atoms with van der Waals surface area (Å²) in [6.45, 7) is 0. The van der Waals surface area contributed by atoms with E-state index in [9.17, 15) is 27.3 Å². The van der Waals surface area contributed by atoms with Crippen molar-refractivity contribution in [2.45, 2.75) is 0 Å². The lowest BCUT2D eigenvalue weighted by atomic mass is 10.00. The number of carbonyl (C=O) groups excluding carboxylic acids is 1. The van der Waals surface area contributed by atoms with E-state index in [0.717, 1.165) is 18.4 Å². The van der Waals surface area contributed by atoms with Crippen LogP contribution in [0.5, 0.6) is 0 Å². The number of benzene rings is 1. The maximum absolute atomic E-state index is 14.6. The Bertz CT molecular complexity index is 1200. The van der Waals surface area contributed by atoms with Crippen LogP contribution < -0.4 is 4.72 Å². The minimum absolute atomic E-state index is 0.103. The summed E-state index contributed by atoms with van der Waals surface area (Å²) in [6, 6.07) is 4.90. The first-order chi connectivity index (χ1) is 12.2. The van der Waals surface area contributed by atoms with Gasteiger partial charge in [-0.15, -0.1) is 0 Å². The van der Waals surface area contributed by atoms with Gasteiger partial charge in [0.05, 0.1) is 34.7 Å². The molecule has 0 saturated carbocycles. The van der Waals surface area contributed by atoms with Crippen LogP contribution in [0, 0.1) is 23.0 Å². The number of hydrogen-bond acceptors (Lipinski definition) is 5. The topological polar surface area (TPSA) is 116 Å². The Labute approximate surface area is 146 Å². The predicted molar refractivity (Wildman–Crippen MR) is 89.1 cm³/mol. The number of aromatic nitrogens is 2. The molecule has 0 amide bonds. The molecule has 0 spiro atoms. The number of ketones is 1. The number of aromatic amines is 1. The molecular weight excluding hydrogens is 366 g/mol. The van der Waals surface area contributed by atoms with Gasteiger partial charge in [-0.3, -0.25) is 9.52 Å². The molecule has 0 aliphatic rings. The first kappa shape index (κ1) is 17.5. The van der Waals surface area contributed by atoms with E-state index in [1.807, 2.05) is 10.8 Å². The van der Waals surface area contributed by atoms with E-state index in [0.29, 0.717) is 0 Å². The number of fused-ring (bicyclic) bond motifs is 1. The van der Waals surface area contributed by atoms with E-state index in [1.54, 1.807) is 0 Å². The van der Waals surface area contributed by atoms with Crippen LogP contribution in [0.1, 0.15) is 21.5 Å². The van der Waals surface area contributed by atoms with Crippen molar-refractivity contribution in [1.29, 1.82) is 5.26 Å². The van der Waals surface area contributed by atoms with E-state index in [1.165, 1.54) is 18.5 Å². The molecule has 7 nitrogen and oxygen atoms in total. The SMILES string of the molecule is CS(=O)(=O)Nc1ccc(F)c(C(=O)c2c[nH]c3nccc(C#N)c23)c1F. The summed E-state index contributed by atoms with van der Waals surface area (Å²) in [4.78, 5) is 19.4. The first-order valence-electron chi connectivity index (χ1n) is 7.09. The second kappa shape index (κ2) is 6.20. The molecule has 0 aliphatic carbocycles. The van der Waals surface area contributed by atoms with Crippen LogP contribution in [0.4, 0.5) is 14.5 Å². The highest BCUT2D eigenvalue weighted by Gasteiger charge is 2.26. The second-order valence-electron chi connectivity index (χ2n) is 5.38. The summed E-state index contributed by atoms with van der Waals surface area (Å²) in [5.74, 6) is -3.56. The summed E-state index contributed by atoms with van der Waals surface area (Å²) in [5, 5.41) is 9.31. The average molecular weight is 376 g/mol. The van der Waals surface area contributed by atoms with Gasteiger partial charge in [-0.2, -0.15) is 5.26 Å². The zero-order chi connectivity index (χ0) is 19.1. The molecule has 2 aromatic heterocycles. The van der Waals surface area contributed by atoms with Gasteiger partial charge in [0, 0.05) is 17.8 Å². The van der Waals surface area contributed by atoms with Crippen molar-refractivity contribution in [1.82, 2.24) is 9.97 Å². The molecule has 0 bridgehead atoms. The number of pyridine rings is 1. The number of nitrogens with one attached hydrogen (secondary N) is 2.